The molecule has 6 heteroatoms. The molecule has 2 rings (SSSR count). The van der Waals surface area contributed by atoms with Crippen LogP contribution in [0.25, 0.3) is 0 Å². The predicted octanol–water partition coefficient (Wildman–Crippen LogP) is 2.64. The molecule has 0 saturated carbocycles. The third kappa shape index (κ3) is 4.36. The summed E-state index contributed by atoms with van der Waals surface area (Å²) in [5.74, 6) is 1.69. The van der Waals surface area contributed by atoms with Gasteiger partial charge in [0.15, 0.2) is 0 Å². The van der Waals surface area contributed by atoms with Crippen molar-refractivity contribution in [2.75, 3.05) is 33.8 Å². The van der Waals surface area contributed by atoms with Crippen molar-refractivity contribution in [1.82, 2.24) is 10.2 Å². The van der Waals surface area contributed by atoms with Crippen LogP contribution in [0.15, 0.2) is 11.4 Å². The average molecular weight is 319 g/mol. The maximum absolute atomic E-state index is 12.3. The molecule has 1 aromatic rings. The van der Waals surface area contributed by atoms with Crippen molar-refractivity contribution in [2.24, 2.45) is 5.92 Å². The van der Waals surface area contributed by atoms with Gasteiger partial charge in [-0.05, 0) is 38.8 Å². The number of carbonyl (C=O) groups excluding carboxylic acids is 1. The topological polar surface area (TPSA) is 41.6 Å². The van der Waals surface area contributed by atoms with Gasteiger partial charge in [0.1, 0.15) is 5.75 Å². The highest BCUT2D eigenvalue weighted by Crippen LogP contribution is 2.25. The standard InChI is InChI=1S/C14H22N2O2S.ClH/c1-15-6-3-11-4-7-16(8-5-11)14(17)13-9-12(18-2)10-19-13;/h9-11,15H,3-8H2,1-2H3;1H. The third-order valence-corrected chi connectivity index (χ3v) is 4.62. The molecule has 4 nitrogen and oxygen atoms in total. The number of nitrogens with one attached hydrogen (secondary N) is 1. The molecule has 1 aliphatic heterocycles. The molecular formula is C14H23ClN2O2S. The van der Waals surface area contributed by atoms with Gasteiger partial charge in [0, 0.05) is 24.5 Å². The molecule has 0 radical (unpaired) electrons. The smallest absolute Gasteiger partial charge is 0.264 e. The highest BCUT2D eigenvalue weighted by atomic mass is 35.5. The maximum atomic E-state index is 12.3. The number of ether oxygens (including phenoxy) is 1. The van der Waals surface area contributed by atoms with Crippen LogP contribution in [0.4, 0.5) is 0 Å². The third-order valence-electron chi connectivity index (χ3n) is 3.73. The zero-order chi connectivity index (χ0) is 13.7. The van der Waals surface area contributed by atoms with Gasteiger partial charge < -0.3 is 15.0 Å². The van der Waals surface area contributed by atoms with E-state index in [2.05, 4.69) is 5.32 Å². The summed E-state index contributed by atoms with van der Waals surface area (Å²) in [5.41, 5.74) is 0. The Bertz CT molecular complexity index is 417. The number of hydrogen-bond donors (Lipinski definition) is 1. The Morgan fingerprint density at radius 3 is 2.75 bits per heavy atom. The highest BCUT2D eigenvalue weighted by Gasteiger charge is 2.24. The van der Waals surface area contributed by atoms with Gasteiger partial charge in [0.2, 0.25) is 0 Å². The van der Waals surface area contributed by atoms with Crippen LogP contribution in [0.1, 0.15) is 28.9 Å². The second-order valence-corrected chi connectivity index (χ2v) is 5.89. The Morgan fingerprint density at radius 2 is 2.20 bits per heavy atom. The molecule has 0 aliphatic carbocycles. The molecule has 0 unspecified atom stereocenters. The Morgan fingerprint density at radius 1 is 1.50 bits per heavy atom. The van der Waals surface area contributed by atoms with Crippen LogP contribution in [0, 0.1) is 5.92 Å². The largest absolute Gasteiger partial charge is 0.496 e. The first-order valence-electron chi connectivity index (χ1n) is 6.81. The summed E-state index contributed by atoms with van der Waals surface area (Å²) in [6.07, 6.45) is 3.46. The van der Waals surface area contributed by atoms with Gasteiger partial charge in [-0.3, -0.25) is 4.79 Å². The maximum Gasteiger partial charge on any atom is 0.264 e. The van der Waals surface area contributed by atoms with Gasteiger partial charge in [0.25, 0.3) is 5.91 Å². The summed E-state index contributed by atoms with van der Waals surface area (Å²) >= 11 is 1.46. The number of nitrogens with zero attached hydrogens (tertiary/aromatic N) is 1. The minimum absolute atomic E-state index is 0. The number of rotatable bonds is 5. The minimum atomic E-state index is 0. The van der Waals surface area contributed by atoms with Crippen molar-refractivity contribution in [3.8, 4) is 5.75 Å². The number of likely N-dealkylation sites (tertiary alicyclic amines) is 1. The molecule has 0 aromatic carbocycles. The molecule has 0 atom stereocenters. The lowest BCUT2D eigenvalue weighted by Crippen LogP contribution is -2.38. The van der Waals surface area contributed by atoms with Crippen molar-refractivity contribution in [3.05, 3.63) is 16.3 Å². The van der Waals surface area contributed by atoms with Crippen LogP contribution in [-0.4, -0.2) is 44.6 Å². The number of hydrogen-bond acceptors (Lipinski definition) is 4. The summed E-state index contributed by atoms with van der Waals surface area (Å²) < 4.78 is 5.13. The summed E-state index contributed by atoms with van der Waals surface area (Å²) in [7, 11) is 3.62. The van der Waals surface area contributed by atoms with E-state index in [0.717, 1.165) is 49.0 Å². The molecule has 1 aliphatic rings. The Kier molecular flexibility index (Phi) is 7.34. The average Bonchev–Trinajstić information content (AvgIpc) is 2.94. The van der Waals surface area contributed by atoms with E-state index in [1.165, 1.54) is 17.8 Å². The fourth-order valence-corrected chi connectivity index (χ4v) is 3.29. The summed E-state index contributed by atoms with van der Waals surface area (Å²) in [4.78, 5) is 15.1. The van der Waals surface area contributed by atoms with Crippen LogP contribution >= 0.6 is 23.7 Å². The van der Waals surface area contributed by atoms with Crippen molar-refractivity contribution in [1.29, 1.82) is 0 Å². The van der Waals surface area contributed by atoms with E-state index in [4.69, 9.17) is 4.74 Å². The number of piperidine rings is 1. The van der Waals surface area contributed by atoms with E-state index in [9.17, 15) is 4.79 Å². The fraction of sp³-hybridized carbons (Fsp3) is 0.643. The Labute approximate surface area is 130 Å². The van der Waals surface area contributed by atoms with Gasteiger partial charge in [-0.25, -0.2) is 0 Å². The molecule has 1 aromatic heterocycles. The molecule has 0 bridgehead atoms. The first kappa shape index (κ1) is 17.3. The normalized spacial score (nSPS) is 15.8. The zero-order valence-electron chi connectivity index (χ0n) is 12.1. The zero-order valence-corrected chi connectivity index (χ0v) is 13.7. The number of thiophene rings is 1. The van der Waals surface area contributed by atoms with E-state index in [1.54, 1.807) is 7.11 Å². The second kappa shape index (κ2) is 8.49. The van der Waals surface area contributed by atoms with Crippen molar-refractivity contribution < 1.29 is 9.53 Å². The molecule has 20 heavy (non-hydrogen) atoms. The number of amides is 1. The van der Waals surface area contributed by atoms with Gasteiger partial charge in [-0.2, -0.15) is 0 Å². The van der Waals surface area contributed by atoms with Gasteiger partial charge in [-0.1, -0.05) is 0 Å². The second-order valence-electron chi connectivity index (χ2n) is 4.98. The van der Waals surface area contributed by atoms with E-state index >= 15 is 0 Å². The summed E-state index contributed by atoms with van der Waals surface area (Å²) in [5, 5.41) is 5.07. The van der Waals surface area contributed by atoms with Crippen LogP contribution in [0.5, 0.6) is 5.75 Å². The fourth-order valence-electron chi connectivity index (χ4n) is 2.47. The Balaban J connectivity index is 0.00000200. The predicted molar refractivity (Wildman–Crippen MR) is 85.3 cm³/mol. The molecule has 1 amide bonds. The number of halogens is 1. The number of carbonyl (C=O) groups is 1. The lowest BCUT2D eigenvalue weighted by molar-refractivity contribution is 0.0692. The Hall–Kier alpha value is -0.780. The number of methoxy groups -OCH3 is 1. The molecule has 2 heterocycles. The van der Waals surface area contributed by atoms with Crippen LogP contribution in [-0.2, 0) is 0 Å². The van der Waals surface area contributed by atoms with Gasteiger partial charge >= 0.3 is 0 Å². The lowest BCUT2D eigenvalue weighted by Gasteiger charge is -2.31. The highest BCUT2D eigenvalue weighted by molar-refractivity contribution is 7.12. The quantitative estimate of drug-likeness (QED) is 0.907. The molecule has 114 valence electrons. The van der Waals surface area contributed by atoms with Gasteiger partial charge in [-0.15, -0.1) is 23.7 Å². The van der Waals surface area contributed by atoms with Crippen molar-refractivity contribution in [3.63, 3.8) is 0 Å². The van der Waals surface area contributed by atoms with E-state index in [1.807, 2.05) is 23.4 Å². The van der Waals surface area contributed by atoms with E-state index < -0.39 is 0 Å². The minimum Gasteiger partial charge on any atom is -0.496 e. The molecule has 1 N–H and O–H groups in total. The van der Waals surface area contributed by atoms with Crippen molar-refractivity contribution >= 4 is 29.7 Å². The van der Waals surface area contributed by atoms with Crippen LogP contribution < -0.4 is 10.1 Å². The summed E-state index contributed by atoms with van der Waals surface area (Å²) in [6.45, 7) is 2.83. The van der Waals surface area contributed by atoms with E-state index in [-0.39, 0.29) is 18.3 Å². The molecule has 1 fully saturated rings. The molecular weight excluding hydrogens is 296 g/mol. The lowest BCUT2D eigenvalue weighted by atomic mass is 9.93. The van der Waals surface area contributed by atoms with E-state index in [0.29, 0.717) is 0 Å². The van der Waals surface area contributed by atoms with Crippen LogP contribution in [0.2, 0.25) is 0 Å². The molecule has 1 saturated heterocycles. The van der Waals surface area contributed by atoms with Gasteiger partial charge in [0.05, 0.1) is 12.0 Å². The van der Waals surface area contributed by atoms with Crippen LogP contribution in [0.3, 0.4) is 0 Å². The van der Waals surface area contributed by atoms with Crippen molar-refractivity contribution in [2.45, 2.75) is 19.3 Å². The molecule has 0 spiro atoms. The monoisotopic (exact) mass is 318 g/mol. The summed E-state index contributed by atoms with van der Waals surface area (Å²) in [6, 6.07) is 1.83. The first-order chi connectivity index (χ1) is 9.24. The SMILES string of the molecule is CNCCC1CCN(C(=O)c2cc(OC)cs2)CC1.Cl. The first-order valence-corrected chi connectivity index (χ1v) is 7.69.